The zero-order valence-electron chi connectivity index (χ0n) is 12.4. The van der Waals surface area contributed by atoms with Crippen molar-refractivity contribution in [3.05, 3.63) is 0 Å². The van der Waals surface area contributed by atoms with Crippen LogP contribution in [0.15, 0.2) is 0 Å². The molecule has 0 aromatic carbocycles. The number of carbonyl (C=O) groups is 2. The number of likely N-dealkylation sites (N-methyl/N-ethyl adjacent to an activating group) is 1. The minimum absolute atomic E-state index is 0.0679. The highest BCUT2D eigenvalue weighted by Gasteiger charge is 2.34. The van der Waals surface area contributed by atoms with E-state index in [9.17, 15) is 22.8 Å². The fraction of sp³-hybridized carbons (Fsp3) is 0.846. The molecular formula is C13H22F3N3O2. The van der Waals surface area contributed by atoms with Gasteiger partial charge in [-0.1, -0.05) is 0 Å². The van der Waals surface area contributed by atoms with Gasteiger partial charge < -0.3 is 15.1 Å². The third kappa shape index (κ3) is 6.79. The van der Waals surface area contributed by atoms with Crippen molar-refractivity contribution >= 4 is 11.8 Å². The van der Waals surface area contributed by atoms with Crippen molar-refractivity contribution in [2.45, 2.75) is 25.4 Å². The van der Waals surface area contributed by atoms with Crippen LogP contribution < -0.4 is 5.32 Å². The minimum atomic E-state index is -4.50. The minimum Gasteiger partial charge on any atom is -0.347 e. The molecule has 1 heterocycles. The Morgan fingerprint density at radius 2 is 1.71 bits per heavy atom. The number of piperidine rings is 1. The molecule has 122 valence electrons. The Kier molecular flexibility index (Phi) is 6.44. The van der Waals surface area contributed by atoms with Gasteiger partial charge >= 0.3 is 6.18 Å². The Bertz CT molecular complexity index is 366. The van der Waals surface area contributed by atoms with Crippen molar-refractivity contribution in [3.8, 4) is 0 Å². The lowest BCUT2D eigenvalue weighted by atomic mass is 9.94. The maximum atomic E-state index is 12.6. The molecular weight excluding hydrogens is 287 g/mol. The van der Waals surface area contributed by atoms with E-state index in [1.807, 2.05) is 0 Å². The molecule has 21 heavy (non-hydrogen) atoms. The van der Waals surface area contributed by atoms with E-state index in [-0.39, 0.29) is 12.3 Å². The van der Waals surface area contributed by atoms with Crippen molar-refractivity contribution < 1.29 is 22.8 Å². The van der Waals surface area contributed by atoms with Gasteiger partial charge in [0.1, 0.15) is 13.1 Å². The number of amides is 2. The van der Waals surface area contributed by atoms with Gasteiger partial charge in [0.25, 0.3) is 0 Å². The van der Waals surface area contributed by atoms with Crippen molar-refractivity contribution in [1.29, 1.82) is 0 Å². The SMILES string of the molecule is CN(C)C(=O)CN(CC(F)(F)F)C(=O)CC1CCNCC1. The van der Waals surface area contributed by atoms with Crippen LogP contribution >= 0.6 is 0 Å². The van der Waals surface area contributed by atoms with Crippen LogP contribution in [-0.2, 0) is 9.59 Å². The summed E-state index contributed by atoms with van der Waals surface area (Å²) in [4.78, 5) is 25.5. The summed E-state index contributed by atoms with van der Waals surface area (Å²) in [5.41, 5.74) is 0. The van der Waals surface area contributed by atoms with Gasteiger partial charge in [0.15, 0.2) is 0 Å². The Morgan fingerprint density at radius 1 is 1.14 bits per heavy atom. The smallest absolute Gasteiger partial charge is 0.347 e. The second-order valence-corrected chi connectivity index (χ2v) is 5.55. The van der Waals surface area contributed by atoms with Crippen LogP contribution in [0.5, 0.6) is 0 Å². The lowest BCUT2D eigenvalue weighted by molar-refractivity contribution is -0.164. The number of nitrogens with one attached hydrogen (secondary N) is 1. The van der Waals surface area contributed by atoms with Crippen LogP contribution in [0.3, 0.4) is 0 Å². The van der Waals surface area contributed by atoms with E-state index in [1.54, 1.807) is 0 Å². The second kappa shape index (κ2) is 7.63. The fourth-order valence-corrected chi connectivity index (χ4v) is 2.22. The number of nitrogens with zero attached hydrogens (tertiary/aromatic N) is 2. The van der Waals surface area contributed by atoms with Crippen molar-refractivity contribution in [2.24, 2.45) is 5.92 Å². The molecule has 0 unspecified atom stereocenters. The maximum Gasteiger partial charge on any atom is 0.406 e. The molecule has 0 radical (unpaired) electrons. The average Bonchev–Trinajstić information content (AvgIpc) is 2.37. The van der Waals surface area contributed by atoms with Gasteiger partial charge in [-0.3, -0.25) is 9.59 Å². The third-order valence-electron chi connectivity index (χ3n) is 3.47. The molecule has 0 aliphatic carbocycles. The summed E-state index contributed by atoms with van der Waals surface area (Å²) < 4.78 is 37.7. The van der Waals surface area contributed by atoms with Crippen LogP contribution in [0, 0.1) is 5.92 Å². The van der Waals surface area contributed by atoms with Crippen molar-refractivity contribution in [1.82, 2.24) is 15.1 Å². The first-order chi connectivity index (χ1) is 9.69. The first-order valence-corrected chi connectivity index (χ1v) is 6.94. The number of hydrogen-bond acceptors (Lipinski definition) is 3. The summed E-state index contributed by atoms with van der Waals surface area (Å²) in [6.07, 6.45) is -2.89. The van der Waals surface area contributed by atoms with E-state index < -0.39 is 31.1 Å². The topological polar surface area (TPSA) is 52.7 Å². The van der Waals surface area contributed by atoms with Crippen molar-refractivity contribution in [3.63, 3.8) is 0 Å². The highest BCUT2D eigenvalue weighted by atomic mass is 19.4. The predicted molar refractivity (Wildman–Crippen MR) is 71.5 cm³/mol. The molecule has 0 bridgehead atoms. The highest BCUT2D eigenvalue weighted by molar-refractivity contribution is 5.84. The predicted octanol–water partition coefficient (Wildman–Crippen LogP) is 0.855. The first kappa shape index (κ1) is 17.7. The van der Waals surface area contributed by atoms with Crippen molar-refractivity contribution in [2.75, 3.05) is 40.3 Å². The summed E-state index contributed by atoms with van der Waals surface area (Å²) in [7, 11) is 2.90. The normalized spacial score (nSPS) is 16.6. The molecule has 1 aliphatic rings. The maximum absolute atomic E-state index is 12.6. The lowest BCUT2D eigenvalue weighted by Gasteiger charge is -2.28. The van der Waals surface area contributed by atoms with Gasteiger partial charge in [0.2, 0.25) is 11.8 Å². The molecule has 5 nitrogen and oxygen atoms in total. The Balaban J connectivity index is 2.64. The first-order valence-electron chi connectivity index (χ1n) is 6.94. The number of carbonyl (C=O) groups excluding carboxylic acids is 2. The van der Waals surface area contributed by atoms with Gasteiger partial charge in [0.05, 0.1) is 0 Å². The summed E-state index contributed by atoms with van der Waals surface area (Å²) in [6, 6.07) is 0. The lowest BCUT2D eigenvalue weighted by Crippen LogP contribution is -2.45. The Labute approximate surface area is 122 Å². The summed E-state index contributed by atoms with van der Waals surface area (Å²) >= 11 is 0. The van der Waals surface area contributed by atoms with Crippen LogP contribution in [-0.4, -0.2) is 68.1 Å². The van der Waals surface area contributed by atoms with Gasteiger partial charge in [-0.15, -0.1) is 0 Å². The summed E-state index contributed by atoms with van der Waals surface area (Å²) in [5.74, 6) is -1.03. The quantitative estimate of drug-likeness (QED) is 0.819. The molecule has 2 amide bonds. The Morgan fingerprint density at radius 3 is 2.19 bits per heavy atom. The number of hydrogen-bond donors (Lipinski definition) is 1. The van der Waals surface area contributed by atoms with Gasteiger partial charge in [-0.2, -0.15) is 13.2 Å². The molecule has 8 heteroatoms. The van der Waals surface area contributed by atoms with E-state index in [4.69, 9.17) is 0 Å². The van der Waals surface area contributed by atoms with E-state index in [2.05, 4.69) is 5.32 Å². The molecule has 0 atom stereocenters. The zero-order valence-corrected chi connectivity index (χ0v) is 12.4. The molecule has 1 saturated heterocycles. The fourth-order valence-electron chi connectivity index (χ4n) is 2.22. The molecule has 1 N–H and O–H groups in total. The van der Waals surface area contributed by atoms with Crippen LogP contribution in [0.25, 0.3) is 0 Å². The molecule has 1 rings (SSSR count). The monoisotopic (exact) mass is 309 g/mol. The summed E-state index contributed by atoms with van der Waals surface area (Å²) in [5, 5.41) is 3.14. The number of alkyl halides is 3. The standard InChI is InChI=1S/C13H22F3N3O2/c1-18(2)12(21)8-19(9-13(14,15)16)11(20)7-10-3-5-17-6-4-10/h10,17H,3-9H2,1-2H3. The van der Waals surface area contributed by atoms with E-state index in [0.29, 0.717) is 4.90 Å². The Hall–Kier alpha value is -1.31. The molecule has 0 spiro atoms. The zero-order chi connectivity index (χ0) is 16.0. The van der Waals surface area contributed by atoms with Crippen LogP contribution in [0.4, 0.5) is 13.2 Å². The third-order valence-corrected chi connectivity index (χ3v) is 3.47. The molecule has 1 aliphatic heterocycles. The van der Waals surface area contributed by atoms with Gasteiger partial charge in [-0.25, -0.2) is 0 Å². The molecule has 0 aromatic heterocycles. The molecule has 1 fully saturated rings. The molecule has 0 saturated carbocycles. The molecule has 0 aromatic rings. The van der Waals surface area contributed by atoms with Crippen LogP contribution in [0.2, 0.25) is 0 Å². The number of rotatable bonds is 5. The van der Waals surface area contributed by atoms with Crippen LogP contribution in [0.1, 0.15) is 19.3 Å². The number of halogens is 3. The van der Waals surface area contributed by atoms with Gasteiger partial charge in [0, 0.05) is 20.5 Å². The summed E-state index contributed by atoms with van der Waals surface area (Å²) in [6.45, 7) is -0.367. The van der Waals surface area contributed by atoms with Gasteiger partial charge in [-0.05, 0) is 31.8 Å². The highest BCUT2D eigenvalue weighted by Crippen LogP contribution is 2.21. The van der Waals surface area contributed by atoms with E-state index in [0.717, 1.165) is 25.9 Å². The largest absolute Gasteiger partial charge is 0.406 e. The average molecular weight is 309 g/mol. The second-order valence-electron chi connectivity index (χ2n) is 5.55. The van der Waals surface area contributed by atoms with E-state index >= 15 is 0 Å². The van der Waals surface area contributed by atoms with E-state index in [1.165, 1.54) is 19.0 Å².